The van der Waals surface area contributed by atoms with E-state index in [4.69, 9.17) is 0 Å². The molecule has 0 saturated carbocycles. The molecule has 0 spiro atoms. The predicted molar refractivity (Wildman–Crippen MR) is 84.6 cm³/mol. The van der Waals surface area contributed by atoms with E-state index in [1.807, 2.05) is 42.8 Å². The minimum absolute atomic E-state index is 0.0141. The second-order valence-corrected chi connectivity index (χ2v) is 7.59. The summed E-state index contributed by atoms with van der Waals surface area (Å²) in [5, 5.41) is 3.22. The molecule has 1 N–H and O–H groups in total. The van der Waals surface area contributed by atoms with Gasteiger partial charge >= 0.3 is 0 Å². The van der Waals surface area contributed by atoms with Crippen LogP contribution < -0.4 is 5.32 Å². The summed E-state index contributed by atoms with van der Waals surface area (Å²) >= 11 is 0. The van der Waals surface area contributed by atoms with Crippen LogP contribution >= 0.6 is 0 Å². The normalized spacial score (nSPS) is 14.0. The first-order valence-electron chi connectivity index (χ1n) is 6.88. The van der Waals surface area contributed by atoms with E-state index in [-0.39, 0.29) is 11.8 Å². The van der Waals surface area contributed by atoms with Crippen molar-refractivity contribution < 1.29 is 8.42 Å². The van der Waals surface area contributed by atoms with Gasteiger partial charge in [0, 0.05) is 27.7 Å². The molecular weight excluding hydrogens is 288 g/mol. The number of rotatable bonds is 6. The summed E-state index contributed by atoms with van der Waals surface area (Å²) in [6.45, 7) is 2.38. The number of sulfonamides is 1. The lowest BCUT2D eigenvalue weighted by Crippen LogP contribution is -2.32. The number of nitrogens with one attached hydrogen (secondary N) is 1. The summed E-state index contributed by atoms with van der Waals surface area (Å²) in [7, 11) is 1.90. The van der Waals surface area contributed by atoms with Crippen molar-refractivity contribution in [3.63, 3.8) is 0 Å². The molecule has 1 aromatic carbocycles. The third-order valence-electron chi connectivity index (χ3n) is 3.58. The zero-order valence-corrected chi connectivity index (χ0v) is 13.7. The topological polar surface area (TPSA) is 67.2 Å². The van der Waals surface area contributed by atoms with Crippen molar-refractivity contribution in [1.82, 2.24) is 19.2 Å². The van der Waals surface area contributed by atoms with Gasteiger partial charge in [-0.15, -0.1) is 0 Å². The van der Waals surface area contributed by atoms with E-state index in [2.05, 4.69) is 10.3 Å². The molecule has 1 unspecified atom stereocenters. The molecule has 0 fully saturated rings. The number of imidazole rings is 1. The first-order valence-corrected chi connectivity index (χ1v) is 8.49. The van der Waals surface area contributed by atoms with Gasteiger partial charge in [0.25, 0.3) is 0 Å². The third kappa shape index (κ3) is 3.42. The maximum absolute atomic E-state index is 11.7. The highest BCUT2D eigenvalue weighted by molar-refractivity contribution is 7.89. The van der Waals surface area contributed by atoms with Crippen molar-refractivity contribution in [2.45, 2.75) is 13.0 Å². The fraction of sp³-hybridized carbons (Fsp3) is 0.500. The first kappa shape index (κ1) is 15.9. The van der Waals surface area contributed by atoms with Crippen molar-refractivity contribution in [3.8, 4) is 0 Å². The SMILES string of the molecule is CC(NCCS(=O)(=O)N(C)C)c1nc2ccccc2n1C. The standard InChI is InChI=1S/C14H22N4O2S/c1-11(15-9-10-21(19,20)17(2)3)14-16-12-7-5-6-8-13(12)18(14)4/h5-8,11,15H,9-10H2,1-4H3. The van der Waals surface area contributed by atoms with Crippen molar-refractivity contribution in [3.05, 3.63) is 30.1 Å². The van der Waals surface area contributed by atoms with Crippen molar-refractivity contribution >= 4 is 21.1 Å². The van der Waals surface area contributed by atoms with Crippen LogP contribution in [-0.2, 0) is 17.1 Å². The monoisotopic (exact) mass is 310 g/mol. The summed E-state index contributed by atoms with van der Waals surface area (Å²) in [4.78, 5) is 4.60. The van der Waals surface area contributed by atoms with Gasteiger partial charge in [-0.1, -0.05) is 12.1 Å². The molecule has 1 aromatic heterocycles. The summed E-state index contributed by atoms with van der Waals surface area (Å²) in [5.74, 6) is 0.979. The number of aromatic nitrogens is 2. The van der Waals surface area contributed by atoms with Gasteiger partial charge in [-0.05, 0) is 19.1 Å². The van der Waals surface area contributed by atoms with Gasteiger partial charge in [0.2, 0.25) is 10.0 Å². The lowest BCUT2D eigenvalue weighted by atomic mass is 10.3. The summed E-state index contributed by atoms with van der Waals surface area (Å²) in [5.41, 5.74) is 2.02. The molecule has 2 aromatic rings. The number of nitrogens with zero attached hydrogens (tertiary/aromatic N) is 3. The Kier molecular flexibility index (Phi) is 4.65. The van der Waals surface area contributed by atoms with Gasteiger partial charge in [-0.2, -0.15) is 0 Å². The van der Waals surface area contributed by atoms with Crippen molar-refractivity contribution in [1.29, 1.82) is 0 Å². The molecule has 116 valence electrons. The van der Waals surface area contributed by atoms with E-state index in [1.54, 1.807) is 14.1 Å². The van der Waals surface area contributed by atoms with E-state index in [0.717, 1.165) is 16.9 Å². The molecule has 0 aliphatic heterocycles. The minimum atomic E-state index is -3.17. The predicted octanol–water partition coefficient (Wildman–Crippen LogP) is 1.12. The van der Waals surface area contributed by atoms with Crippen LogP contribution in [0, 0.1) is 0 Å². The van der Waals surface area contributed by atoms with E-state index in [0.29, 0.717) is 6.54 Å². The molecule has 0 bridgehead atoms. The molecule has 1 heterocycles. The average molecular weight is 310 g/mol. The Bertz CT molecular complexity index is 722. The second-order valence-electron chi connectivity index (χ2n) is 5.29. The lowest BCUT2D eigenvalue weighted by Gasteiger charge is -2.15. The van der Waals surface area contributed by atoms with Crippen LogP contribution in [0.5, 0.6) is 0 Å². The highest BCUT2D eigenvalue weighted by Crippen LogP contribution is 2.18. The molecule has 21 heavy (non-hydrogen) atoms. The molecule has 0 aliphatic rings. The van der Waals surface area contributed by atoms with Crippen LogP contribution in [0.2, 0.25) is 0 Å². The van der Waals surface area contributed by atoms with Gasteiger partial charge in [0.05, 0.1) is 22.8 Å². The highest BCUT2D eigenvalue weighted by atomic mass is 32.2. The van der Waals surface area contributed by atoms with Crippen molar-refractivity contribution in [2.75, 3.05) is 26.4 Å². The van der Waals surface area contributed by atoms with Gasteiger partial charge in [-0.25, -0.2) is 17.7 Å². The van der Waals surface area contributed by atoms with Gasteiger partial charge in [-0.3, -0.25) is 0 Å². The van der Waals surface area contributed by atoms with Crippen LogP contribution in [0.25, 0.3) is 11.0 Å². The summed E-state index contributed by atoms with van der Waals surface area (Å²) < 4.78 is 26.7. The Balaban J connectivity index is 2.06. The van der Waals surface area contributed by atoms with Crippen LogP contribution in [0.4, 0.5) is 0 Å². The largest absolute Gasteiger partial charge is 0.330 e. The smallest absolute Gasteiger partial charge is 0.214 e. The van der Waals surface area contributed by atoms with Gasteiger partial charge < -0.3 is 9.88 Å². The molecule has 0 saturated heterocycles. The third-order valence-corrected chi connectivity index (χ3v) is 5.41. The fourth-order valence-electron chi connectivity index (χ4n) is 2.23. The molecule has 0 radical (unpaired) electrons. The zero-order valence-electron chi connectivity index (χ0n) is 12.9. The van der Waals surface area contributed by atoms with E-state index < -0.39 is 10.0 Å². The number of hydrogen-bond acceptors (Lipinski definition) is 4. The van der Waals surface area contributed by atoms with Gasteiger partial charge in [0.1, 0.15) is 5.82 Å². The fourth-order valence-corrected chi connectivity index (χ4v) is 2.97. The Hall–Kier alpha value is -1.44. The Labute approximate surface area is 125 Å². The quantitative estimate of drug-likeness (QED) is 0.868. The maximum atomic E-state index is 11.7. The lowest BCUT2D eigenvalue weighted by molar-refractivity contribution is 0.507. The first-order chi connectivity index (χ1) is 9.83. The number of hydrogen-bond donors (Lipinski definition) is 1. The highest BCUT2D eigenvalue weighted by Gasteiger charge is 2.16. The molecule has 0 aliphatic carbocycles. The average Bonchev–Trinajstić information content (AvgIpc) is 2.76. The maximum Gasteiger partial charge on any atom is 0.214 e. The number of fused-ring (bicyclic) bond motifs is 1. The van der Waals surface area contributed by atoms with E-state index >= 15 is 0 Å². The Morgan fingerprint density at radius 1 is 1.33 bits per heavy atom. The van der Waals surface area contributed by atoms with E-state index in [9.17, 15) is 8.42 Å². The number of aryl methyl sites for hydroxylation is 1. The molecule has 7 heteroatoms. The summed E-state index contributed by atoms with van der Waals surface area (Å²) in [6, 6.07) is 7.92. The minimum Gasteiger partial charge on any atom is -0.330 e. The van der Waals surface area contributed by atoms with Crippen molar-refractivity contribution in [2.24, 2.45) is 7.05 Å². The van der Waals surface area contributed by atoms with Gasteiger partial charge in [0.15, 0.2) is 0 Å². The Morgan fingerprint density at radius 2 is 2.00 bits per heavy atom. The molecule has 0 amide bonds. The zero-order chi connectivity index (χ0) is 15.6. The molecule has 2 rings (SSSR count). The molecule has 6 nitrogen and oxygen atoms in total. The number of para-hydroxylation sites is 2. The molecular formula is C14H22N4O2S. The number of benzene rings is 1. The molecule has 1 atom stereocenters. The second kappa shape index (κ2) is 6.13. The van der Waals surface area contributed by atoms with Crippen LogP contribution in [0.1, 0.15) is 18.8 Å². The van der Waals surface area contributed by atoms with Crippen LogP contribution in [-0.4, -0.2) is 48.7 Å². The van der Waals surface area contributed by atoms with Crippen LogP contribution in [0.3, 0.4) is 0 Å². The van der Waals surface area contributed by atoms with Crippen LogP contribution in [0.15, 0.2) is 24.3 Å². The Morgan fingerprint density at radius 3 is 2.62 bits per heavy atom. The summed E-state index contributed by atoms with van der Waals surface area (Å²) in [6.07, 6.45) is 0. The van der Waals surface area contributed by atoms with E-state index in [1.165, 1.54) is 4.31 Å².